The van der Waals surface area contributed by atoms with Crippen LogP contribution in [0.4, 0.5) is 14.5 Å². The molecule has 2 aromatic rings. The molecule has 0 bridgehead atoms. The number of anilines is 1. The van der Waals surface area contributed by atoms with E-state index in [1.807, 2.05) is 0 Å². The van der Waals surface area contributed by atoms with E-state index in [9.17, 15) is 17.2 Å². The van der Waals surface area contributed by atoms with Crippen molar-refractivity contribution in [3.8, 4) is 0 Å². The van der Waals surface area contributed by atoms with Crippen molar-refractivity contribution in [3.05, 3.63) is 59.2 Å². The van der Waals surface area contributed by atoms with Crippen LogP contribution in [0.2, 0.25) is 0 Å². The van der Waals surface area contributed by atoms with Crippen LogP contribution in [0.15, 0.2) is 41.3 Å². The van der Waals surface area contributed by atoms with Crippen LogP contribution in [0, 0.1) is 18.6 Å². The zero-order valence-electron chi connectivity index (χ0n) is 11.1. The van der Waals surface area contributed by atoms with Crippen molar-refractivity contribution in [2.45, 2.75) is 18.4 Å². The van der Waals surface area contributed by atoms with Gasteiger partial charge in [0.1, 0.15) is 16.5 Å². The van der Waals surface area contributed by atoms with Gasteiger partial charge in [0.2, 0.25) is 0 Å². The second-order valence-corrected chi connectivity index (χ2v) is 6.20. The molecule has 21 heavy (non-hydrogen) atoms. The van der Waals surface area contributed by atoms with E-state index in [1.54, 1.807) is 6.92 Å². The molecule has 0 aliphatic carbocycles. The molecule has 0 unspecified atom stereocenters. The third-order valence-corrected chi connectivity index (χ3v) is 4.16. The first-order chi connectivity index (χ1) is 9.81. The first-order valence-electron chi connectivity index (χ1n) is 6.01. The van der Waals surface area contributed by atoms with Gasteiger partial charge in [0.15, 0.2) is 0 Å². The van der Waals surface area contributed by atoms with Gasteiger partial charge in [-0.2, -0.15) is 0 Å². The third-order valence-electron chi connectivity index (χ3n) is 2.76. The molecule has 0 fully saturated rings. The highest BCUT2D eigenvalue weighted by molar-refractivity contribution is 7.92. The van der Waals surface area contributed by atoms with Crippen molar-refractivity contribution < 1.29 is 22.3 Å². The molecule has 0 saturated heterocycles. The number of aliphatic hydroxyl groups excluding tert-OH is 1. The van der Waals surface area contributed by atoms with E-state index in [1.165, 1.54) is 18.2 Å². The fourth-order valence-corrected chi connectivity index (χ4v) is 3.03. The summed E-state index contributed by atoms with van der Waals surface area (Å²) in [4.78, 5) is -0.601. The zero-order valence-corrected chi connectivity index (χ0v) is 11.9. The van der Waals surface area contributed by atoms with Gasteiger partial charge in [0.25, 0.3) is 10.0 Å². The van der Waals surface area contributed by atoms with Crippen LogP contribution >= 0.6 is 0 Å². The van der Waals surface area contributed by atoms with E-state index in [0.717, 1.165) is 18.2 Å². The number of hydrogen-bond donors (Lipinski definition) is 2. The second-order valence-electron chi connectivity index (χ2n) is 4.55. The van der Waals surface area contributed by atoms with Crippen LogP contribution in [-0.2, 0) is 16.6 Å². The maximum Gasteiger partial charge on any atom is 0.264 e. The molecule has 0 aromatic heterocycles. The lowest BCUT2D eigenvalue weighted by atomic mass is 10.2. The van der Waals surface area contributed by atoms with Gasteiger partial charge in [-0.05, 0) is 48.4 Å². The standard InChI is InChI=1S/C14H13F2NO3S/c1-9-4-11(15)7-12(5-9)17-21(19,20)14-6-10(8-18)2-3-13(14)16/h2-7,17-18H,8H2,1H3. The molecule has 0 aliphatic heterocycles. The molecule has 0 amide bonds. The minimum atomic E-state index is -4.21. The monoisotopic (exact) mass is 313 g/mol. The minimum absolute atomic E-state index is 0.00121. The van der Waals surface area contributed by atoms with E-state index >= 15 is 0 Å². The molecule has 7 heteroatoms. The lowest BCUT2D eigenvalue weighted by molar-refractivity contribution is 0.281. The highest BCUT2D eigenvalue weighted by atomic mass is 32.2. The second kappa shape index (κ2) is 5.79. The fourth-order valence-electron chi connectivity index (χ4n) is 1.86. The molecule has 2 N–H and O–H groups in total. The number of halogens is 2. The van der Waals surface area contributed by atoms with E-state index < -0.39 is 33.2 Å². The van der Waals surface area contributed by atoms with Crippen molar-refractivity contribution in [1.29, 1.82) is 0 Å². The van der Waals surface area contributed by atoms with Gasteiger partial charge in [-0.25, -0.2) is 17.2 Å². The van der Waals surface area contributed by atoms with Gasteiger partial charge >= 0.3 is 0 Å². The van der Waals surface area contributed by atoms with Gasteiger partial charge in [-0.1, -0.05) is 6.07 Å². The molecule has 2 rings (SSSR count). The predicted octanol–water partition coefficient (Wildman–Crippen LogP) is 2.57. The first kappa shape index (κ1) is 15.4. The highest BCUT2D eigenvalue weighted by Crippen LogP contribution is 2.21. The van der Waals surface area contributed by atoms with Crippen molar-refractivity contribution in [2.24, 2.45) is 0 Å². The number of sulfonamides is 1. The van der Waals surface area contributed by atoms with E-state index in [2.05, 4.69) is 4.72 Å². The lowest BCUT2D eigenvalue weighted by Crippen LogP contribution is -2.15. The van der Waals surface area contributed by atoms with Crippen molar-refractivity contribution >= 4 is 15.7 Å². The average Bonchev–Trinajstić information content (AvgIpc) is 2.37. The number of aliphatic hydroxyl groups is 1. The fraction of sp³-hybridized carbons (Fsp3) is 0.143. The summed E-state index contributed by atoms with van der Waals surface area (Å²) in [6.45, 7) is 1.19. The Morgan fingerprint density at radius 1 is 1.14 bits per heavy atom. The molecule has 4 nitrogen and oxygen atoms in total. The molecule has 0 heterocycles. The summed E-state index contributed by atoms with van der Waals surface area (Å²) in [5, 5.41) is 8.99. The Bertz CT molecular complexity index is 756. The summed E-state index contributed by atoms with van der Waals surface area (Å²) in [6, 6.07) is 6.93. The maximum atomic E-state index is 13.7. The topological polar surface area (TPSA) is 66.4 Å². The number of aryl methyl sites for hydroxylation is 1. The zero-order chi connectivity index (χ0) is 15.6. The summed E-state index contributed by atoms with van der Waals surface area (Å²) in [5.41, 5.74) is 0.783. The molecule has 0 atom stereocenters. The van der Waals surface area contributed by atoms with Crippen molar-refractivity contribution in [1.82, 2.24) is 0 Å². The minimum Gasteiger partial charge on any atom is -0.392 e. The van der Waals surface area contributed by atoms with Gasteiger partial charge in [-0.15, -0.1) is 0 Å². The Balaban J connectivity index is 2.42. The number of rotatable bonds is 4. The molecule has 0 saturated carbocycles. The van der Waals surface area contributed by atoms with Crippen LogP contribution in [0.5, 0.6) is 0 Å². The molecule has 2 aromatic carbocycles. The van der Waals surface area contributed by atoms with Gasteiger partial charge in [0, 0.05) is 0 Å². The van der Waals surface area contributed by atoms with Crippen LogP contribution in [0.25, 0.3) is 0 Å². The quantitative estimate of drug-likeness (QED) is 0.911. The molecular weight excluding hydrogens is 300 g/mol. The summed E-state index contributed by atoms with van der Waals surface area (Å²) < 4.78 is 53.4. The Kier molecular flexibility index (Phi) is 4.24. The van der Waals surface area contributed by atoms with Gasteiger partial charge in [0.05, 0.1) is 12.3 Å². The Hall–Kier alpha value is -1.99. The molecule has 0 radical (unpaired) electrons. The predicted molar refractivity (Wildman–Crippen MR) is 74.3 cm³/mol. The summed E-state index contributed by atoms with van der Waals surface area (Å²) in [5.74, 6) is -1.55. The van der Waals surface area contributed by atoms with Crippen LogP contribution in [0.1, 0.15) is 11.1 Å². The SMILES string of the molecule is Cc1cc(F)cc(NS(=O)(=O)c2cc(CO)ccc2F)c1. The smallest absolute Gasteiger partial charge is 0.264 e. The Morgan fingerprint density at radius 3 is 2.48 bits per heavy atom. The van der Waals surface area contributed by atoms with Crippen LogP contribution < -0.4 is 4.72 Å². The molecule has 0 spiro atoms. The van der Waals surface area contributed by atoms with Gasteiger partial charge < -0.3 is 5.11 Å². The summed E-state index contributed by atoms with van der Waals surface area (Å²) in [7, 11) is -4.21. The first-order valence-corrected chi connectivity index (χ1v) is 7.49. The largest absolute Gasteiger partial charge is 0.392 e. The van der Waals surface area contributed by atoms with Gasteiger partial charge in [-0.3, -0.25) is 4.72 Å². The molecule has 112 valence electrons. The Labute approximate surface area is 121 Å². The van der Waals surface area contributed by atoms with E-state index in [0.29, 0.717) is 5.56 Å². The summed E-state index contributed by atoms with van der Waals surface area (Å²) >= 11 is 0. The molecular formula is C14H13F2NO3S. The third kappa shape index (κ3) is 3.56. The van der Waals surface area contributed by atoms with Crippen LogP contribution in [0.3, 0.4) is 0 Å². The number of hydrogen-bond acceptors (Lipinski definition) is 3. The molecule has 0 aliphatic rings. The Morgan fingerprint density at radius 2 is 1.86 bits per heavy atom. The number of benzene rings is 2. The lowest BCUT2D eigenvalue weighted by Gasteiger charge is -2.10. The van der Waals surface area contributed by atoms with E-state index in [-0.39, 0.29) is 11.3 Å². The van der Waals surface area contributed by atoms with E-state index in [4.69, 9.17) is 5.11 Å². The van der Waals surface area contributed by atoms with Crippen LogP contribution in [-0.4, -0.2) is 13.5 Å². The van der Waals surface area contributed by atoms with Crippen molar-refractivity contribution in [2.75, 3.05) is 4.72 Å². The maximum absolute atomic E-state index is 13.7. The van der Waals surface area contributed by atoms with Crippen molar-refractivity contribution in [3.63, 3.8) is 0 Å². The average molecular weight is 313 g/mol. The highest BCUT2D eigenvalue weighted by Gasteiger charge is 2.20. The number of nitrogens with one attached hydrogen (secondary N) is 1. The normalized spacial score (nSPS) is 11.4. The summed E-state index contributed by atoms with van der Waals surface area (Å²) in [6.07, 6.45) is 0.